The molecule has 1 aliphatic rings. The summed E-state index contributed by atoms with van der Waals surface area (Å²) in [4.78, 5) is 14.0. The van der Waals surface area contributed by atoms with Gasteiger partial charge in [-0.3, -0.25) is 10.2 Å². The van der Waals surface area contributed by atoms with Gasteiger partial charge in [-0.1, -0.05) is 11.3 Å². The van der Waals surface area contributed by atoms with Crippen LogP contribution < -0.4 is 10.6 Å². The largest absolute Gasteiger partial charge is 0.468 e. The topological polar surface area (TPSA) is 83.3 Å². The fourth-order valence-electron chi connectivity index (χ4n) is 2.13. The molecule has 2 heterocycles. The number of hydrogen-bond donors (Lipinski definition) is 2. The van der Waals surface area contributed by atoms with Crippen LogP contribution in [0.15, 0.2) is 22.8 Å². The Morgan fingerprint density at radius 2 is 2.32 bits per heavy atom. The number of rotatable bonds is 6. The zero-order valence-corrected chi connectivity index (χ0v) is 13.4. The molecule has 118 valence electrons. The lowest BCUT2D eigenvalue weighted by Gasteiger charge is -2.22. The second kappa shape index (κ2) is 6.45. The fourth-order valence-corrected chi connectivity index (χ4v) is 3.04. The van der Waals surface area contributed by atoms with E-state index in [1.165, 1.54) is 24.2 Å². The van der Waals surface area contributed by atoms with Crippen molar-refractivity contribution >= 4 is 22.5 Å². The van der Waals surface area contributed by atoms with Crippen LogP contribution in [0.3, 0.4) is 0 Å². The first-order chi connectivity index (χ1) is 10.6. The Kier molecular flexibility index (Phi) is 4.39. The number of urea groups is 1. The number of carbonyl (C=O) groups is 1. The van der Waals surface area contributed by atoms with Crippen LogP contribution in [-0.2, 0) is 0 Å². The number of carbonyl (C=O) groups excluding carboxylic acids is 1. The predicted octanol–water partition coefficient (Wildman–Crippen LogP) is 2.43. The molecule has 0 aromatic carbocycles. The Bertz CT molecular complexity index is 621. The van der Waals surface area contributed by atoms with Gasteiger partial charge in [0.15, 0.2) is 0 Å². The Morgan fingerprint density at radius 1 is 1.50 bits per heavy atom. The fraction of sp³-hybridized carbons (Fsp3) is 0.500. The molecular weight excluding hydrogens is 302 g/mol. The van der Waals surface area contributed by atoms with Gasteiger partial charge in [0.05, 0.1) is 12.3 Å². The minimum Gasteiger partial charge on any atom is -0.468 e. The maximum absolute atomic E-state index is 12.0. The van der Waals surface area contributed by atoms with Crippen molar-refractivity contribution in [2.75, 3.05) is 26.0 Å². The molecule has 7 nitrogen and oxygen atoms in total. The number of anilines is 1. The summed E-state index contributed by atoms with van der Waals surface area (Å²) < 4.78 is 5.41. The smallest absolute Gasteiger partial charge is 0.321 e. The average molecular weight is 321 g/mol. The molecule has 8 heteroatoms. The molecule has 22 heavy (non-hydrogen) atoms. The van der Waals surface area contributed by atoms with Crippen molar-refractivity contribution in [1.29, 1.82) is 0 Å². The molecule has 3 rings (SSSR count). The van der Waals surface area contributed by atoms with Crippen LogP contribution in [0.4, 0.5) is 9.93 Å². The lowest BCUT2D eigenvalue weighted by atomic mass is 10.2. The molecule has 0 bridgehead atoms. The van der Waals surface area contributed by atoms with Crippen LogP contribution in [0.1, 0.15) is 35.6 Å². The van der Waals surface area contributed by atoms with Gasteiger partial charge in [-0.15, -0.1) is 10.2 Å². The highest BCUT2D eigenvalue weighted by Gasteiger charge is 2.27. The van der Waals surface area contributed by atoms with Gasteiger partial charge in [0.2, 0.25) is 5.13 Å². The number of likely N-dealkylation sites (N-methyl/N-ethyl adjacent to an activating group) is 1. The second-order valence-corrected chi connectivity index (χ2v) is 6.56. The van der Waals surface area contributed by atoms with E-state index in [9.17, 15) is 4.79 Å². The van der Waals surface area contributed by atoms with E-state index < -0.39 is 0 Å². The molecule has 2 N–H and O–H groups in total. The molecule has 0 radical (unpaired) electrons. The highest BCUT2D eigenvalue weighted by Crippen LogP contribution is 2.41. The third-order valence-corrected chi connectivity index (χ3v) is 4.54. The zero-order valence-electron chi connectivity index (χ0n) is 12.6. The summed E-state index contributed by atoms with van der Waals surface area (Å²) in [5.74, 6) is 1.37. The number of nitrogens with zero attached hydrogens (tertiary/aromatic N) is 3. The van der Waals surface area contributed by atoms with E-state index >= 15 is 0 Å². The number of hydrogen-bond acceptors (Lipinski definition) is 6. The van der Waals surface area contributed by atoms with Crippen LogP contribution >= 0.6 is 11.3 Å². The summed E-state index contributed by atoms with van der Waals surface area (Å²) in [6.07, 6.45) is 3.98. The van der Waals surface area contributed by atoms with Crippen LogP contribution in [0.5, 0.6) is 0 Å². The van der Waals surface area contributed by atoms with Crippen LogP contribution in [-0.4, -0.2) is 41.8 Å². The predicted molar refractivity (Wildman–Crippen MR) is 84.0 cm³/mol. The number of amides is 2. The SMILES string of the molecule is CN(C)[C@H](CNC(=O)Nc1nnc(C2CC2)s1)c1ccco1. The van der Waals surface area contributed by atoms with E-state index in [2.05, 4.69) is 20.8 Å². The van der Waals surface area contributed by atoms with Crippen molar-refractivity contribution < 1.29 is 9.21 Å². The molecule has 2 aromatic rings. The van der Waals surface area contributed by atoms with E-state index in [-0.39, 0.29) is 12.1 Å². The summed E-state index contributed by atoms with van der Waals surface area (Å²) in [5.41, 5.74) is 0. The van der Waals surface area contributed by atoms with Gasteiger partial charge in [0, 0.05) is 12.5 Å². The molecular formula is C14H19N5O2S. The first-order valence-electron chi connectivity index (χ1n) is 7.21. The number of nitrogens with one attached hydrogen (secondary N) is 2. The van der Waals surface area contributed by atoms with E-state index in [0.717, 1.165) is 10.8 Å². The van der Waals surface area contributed by atoms with Gasteiger partial charge in [-0.05, 0) is 39.1 Å². The van der Waals surface area contributed by atoms with Gasteiger partial charge >= 0.3 is 6.03 Å². The van der Waals surface area contributed by atoms with Crippen molar-refractivity contribution in [1.82, 2.24) is 20.4 Å². The van der Waals surface area contributed by atoms with Crippen molar-refractivity contribution in [3.8, 4) is 0 Å². The van der Waals surface area contributed by atoms with Gasteiger partial charge in [-0.25, -0.2) is 4.79 Å². The van der Waals surface area contributed by atoms with Crippen LogP contribution in [0.2, 0.25) is 0 Å². The molecule has 2 amide bonds. The van der Waals surface area contributed by atoms with Gasteiger partial charge < -0.3 is 9.73 Å². The monoisotopic (exact) mass is 321 g/mol. The Morgan fingerprint density at radius 3 is 2.95 bits per heavy atom. The van der Waals surface area contributed by atoms with Crippen molar-refractivity contribution in [3.63, 3.8) is 0 Å². The van der Waals surface area contributed by atoms with Crippen molar-refractivity contribution in [2.24, 2.45) is 0 Å². The third kappa shape index (κ3) is 3.63. The maximum atomic E-state index is 12.0. The zero-order chi connectivity index (χ0) is 15.5. The molecule has 0 saturated heterocycles. The van der Waals surface area contributed by atoms with Gasteiger partial charge in [-0.2, -0.15) is 0 Å². The minimum absolute atomic E-state index is 0.0165. The summed E-state index contributed by atoms with van der Waals surface area (Å²) in [7, 11) is 3.89. The van der Waals surface area contributed by atoms with Gasteiger partial charge in [0.1, 0.15) is 10.8 Å². The van der Waals surface area contributed by atoms with Crippen LogP contribution in [0.25, 0.3) is 0 Å². The normalized spacial score (nSPS) is 15.8. The molecule has 1 saturated carbocycles. The minimum atomic E-state index is -0.281. The first-order valence-corrected chi connectivity index (χ1v) is 8.03. The highest BCUT2D eigenvalue weighted by molar-refractivity contribution is 7.15. The standard InChI is InChI=1S/C14H19N5O2S/c1-19(2)10(11-4-3-7-21-11)8-15-13(20)16-14-18-17-12(22-14)9-5-6-9/h3-4,7,9-10H,5-6,8H2,1-2H3,(H2,15,16,18,20)/t10-/m1/s1. The third-order valence-electron chi connectivity index (χ3n) is 3.54. The van der Waals surface area contributed by atoms with E-state index in [0.29, 0.717) is 17.6 Å². The van der Waals surface area contributed by atoms with Crippen LogP contribution in [0, 0.1) is 0 Å². The summed E-state index contributed by atoms with van der Waals surface area (Å²) in [5, 5.41) is 15.2. The number of aromatic nitrogens is 2. The second-order valence-electron chi connectivity index (χ2n) is 5.55. The van der Waals surface area contributed by atoms with Crippen molar-refractivity contribution in [3.05, 3.63) is 29.2 Å². The average Bonchev–Trinajstić information content (AvgIpc) is 2.98. The lowest BCUT2D eigenvalue weighted by molar-refractivity contribution is 0.233. The highest BCUT2D eigenvalue weighted by atomic mass is 32.1. The lowest BCUT2D eigenvalue weighted by Crippen LogP contribution is -2.36. The summed E-state index contributed by atoms with van der Waals surface area (Å²) in [6, 6.07) is 3.44. The Hall–Kier alpha value is -1.93. The van der Waals surface area contributed by atoms with E-state index in [1.807, 2.05) is 31.1 Å². The van der Waals surface area contributed by atoms with Crippen molar-refractivity contribution in [2.45, 2.75) is 24.8 Å². The Balaban J connectivity index is 1.52. The molecule has 0 spiro atoms. The van der Waals surface area contributed by atoms with E-state index in [1.54, 1.807) is 6.26 Å². The quantitative estimate of drug-likeness (QED) is 0.854. The molecule has 0 unspecified atom stereocenters. The molecule has 2 aromatic heterocycles. The maximum Gasteiger partial charge on any atom is 0.321 e. The molecule has 0 aliphatic heterocycles. The number of furan rings is 1. The first kappa shape index (κ1) is 15.0. The molecule has 1 fully saturated rings. The van der Waals surface area contributed by atoms with E-state index in [4.69, 9.17) is 4.42 Å². The summed E-state index contributed by atoms with van der Waals surface area (Å²) >= 11 is 1.45. The molecule has 1 aliphatic carbocycles. The Labute approximate surface area is 132 Å². The molecule has 1 atom stereocenters. The summed E-state index contributed by atoms with van der Waals surface area (Å²) in [6.45, 7) is 0.445. The van der Waals surface area contributed by atoms with Gasteiger partial charge in [0.25, 0.3) is 0 Å².